The molecule has 0 aliphatic heterocycles. The Bertz CT molecular complexity index is 315. The fraction of sp³-hybridized carbons (Fsp3) is 0.769. The van der Waals surface area contributed by atoms with Gasteiger partial charge < -0.3 is 10.2 Å². The third kappa shape index (κ3) is 2.36. The molecule has 0 unspecified atom stereocenters. The average Bonchev–Trinajstić information content (AvgIpc) is 2.10. The summed E-state index contributed by atoms with van der Waals surface area (Å²) in [6.45, 7) is 7.32. The highest BCUT2D eigenvalue weighted by Crippen LogP contribution is 2.45. The zero-order chi connectivity index (χ0) is 12.6. The Morgan fingerprint density at radius 3 is 2.50 bits per heavy atom. The van der Waals surface area contributed by atoms with Gasteiger partial charge in [0.2, 0.25) is 0 Å². The molecule has 3 heteroatoms. The highest BCUT2D eigenvalue weighted by molar-refractivity contribution is 5.92. The van der Waals surface area contributed by atoms with Crippen LogP contribution in [-0.4, -0.2) is 27.7 Å². The van der Waals surface area contributed by atoms with E-state index in [1.165, 1.54) is 6.08 Å². The van der Waals surface area contributed by atoms with Gasteiger partial charge in [-0.1, -0.05) is 13.8 Å². The zero-order valence-electron chi connectivity index (χ0n) is 10.6. The van der Waals surface area contributed by atoms with E-state index in [9.17, 15) is 15.0 Å². The molecule has 2 atom stereocenters. The van der Waals surface area contributed by atoms with Gasteiger partial charge >= 0.3 is 0 Å². The molecular formula is C13H22O3. The molecule has 0 bridgehead atoms. The first kappa shape index (κ1) is 13.4. The maximum absolute atomic E-state index is 11.5. The lowest BCUT2D eigenvalue weighted by molar-refractivity contribution is -0.125. The molecule has 2 N–H and O–H groups in total. The third-order valence-corrected chi connectivity index (χ3v) is 3.69. The van der Waals surface area contributed by atoms with Crippen LogP contribution in [0.3, 0.4) is 0 Å². The summed E-state index contributed by atoms with van der Waals surface area (Å²) >= 11 is 0. The highest BCUT2D eigenvalue weighted by atomic mass is 16.3. The molecule has 1 aliphatic carbocycles. The molecule has 0 radical (unpaired) electrons. The monoisotopic (exact) mass is 226 g/mol. The molecule has 0 amide bonds. The van der Waals surface area contributed by atoms with Gasteiger partial charge in [-0.05, 0) is 38.3 Å². The summed E-state index contributed by atoms with van der Waals surface area (Å²) in [5, 5.41) is 20.0. The first-order chi connectivity index (χ1) is 7.19. The lowest BCUT2D eigenvalue weighted by Gasteiger charge is -2.46. The van der Waals surface area contributed by atoms with Crippen molar-refractivity contribution in [2.24, 2.45) is 5.41 Å². The van der Waals surface area contributed by atoms with E-state index in [-0.39, 0.29) is 5.78 Å². The van der Waals surface area contributed by atoms with Crippen LogP contribution in [0.4, 0.5) is 0 Å². The number of allylic oxidation sites excluding steroid dienone is 1. The summed E-state index contributed by atoms with van der Waals surface area (Å²) in [7, 11) is 0. The molecule has 0 aromatic carbocycles. The van der Waals surface area contributed by atoms with Gasteiger partial charge in [-0.15, -0.1) is 0 Å². The van der Waals surface area contributed by atoms with Crippen LogP contribution in [0.2, 0.25) is 0 Å². The topological polar surface area (TPSA) is 57.5 Å². The first-order valence-electron chi connectivity index (χ1n) is 5.81. The second-order valence-electron chi connectivity index (χ2n) is 5.60. The number of hydrogen-bond acceptors (Lipinski definition) is 3. The van der Waals surface area contributed by atoms with Gasteiger partial charge in [0, 0.05) is 11.8 Å². The van der Waals surface area contributed by atoms with Crippen LogP contribution < -0.4 is 0 Å². The van der Waals surface area contributed by atoms with Crippen molar-refractivity contribution in [1.29, 1.82) is 0 Å². The number of aliphatic hydroxyl groups is 2. The summed E-state index contributed by atoms with van der Waals surface area (Å²) in [4.78, 5) is 11.5. The molecule has 0 fully saturated rings. The Kier molecular flexibility index (Phi) is 3.60. The van der Waals surface area contributed by atoms with E-state index in [2.05, 4.69) is 0 Å². The van der Waals surface area contributed by atoms with Gasteiger partial charge in [-0.25, -0.2) is 0 Å². The average molecular weight is 226 g/mol. The van der Waals surface area contributed by atoms with Crippen molar-refractivity contribution in [1.82, 2.24) is 0 Å². The summed E-state index contributed by atoms with van der Waals surface area (Å²) < 4.78 is 0. The lowest BCUT2D eigenvalue weighted by Crippen LogP contribution is -2.49. The molecule has 1 rings (SSSR count). The number of carbonyl (C=O) groups is 1. The molecule has 0 heterocycles. The predicted octanol–water partition coefficient (Wildman–Crippen LogP) is 1.82. The van der Waals surface area contributed by atoms with Gasteiger partial charge in [0.05, 0.1) is 11.7 Å². The fourth-order valence-corrected chi connectivity index (χ4v) is 2.48. The predicted molar refractivity (Wildman–Crippen MR) is 63.0 cm³/mol. The van der Waals surface area contributed by atoms with E-state index in [1.807, 2.05) is 13.8 Å². The first-order valence-corrected chi connectivity index (χ1v) is 5.81. The van der Waals surface area contributed by atoms with Crippen molar-refractivity contribution in [3.05, 3.63) is 11.6 Å². The standard InChI is InChI=1S/C13H22O3/c1-9-7-11(15)8-12(3,4)13(9,16)6-5-10(2)14/h7,10,14,16H,5-6,8H2,1-4H3/t10-,13+/m0/s1. The molecule has 0 spiro atoms. The van der Waals surface area contributed by atoms with Crippen LogP contribution in [0.1, 0.15) is 47.0 Å². The van der Waals surface area contributed by atoms with Crippen LogP contribution in [0.5, 0.6) is 0 Å². The maximum atomic E-state index is 11.5. The van der Waals surface area contributed by atoms with Crippen molar-refractivity contribution in [2.45, 2.75) is 58.7 Å². The Morgan fingerprint density at radius 2 is 2.06 bits per heavy atom. The maximum Gasteiger partial charge on any atom is 0.156 e. The lowest BCUT2D eigenvalue weighted by atomic mass is 9.63. The van der Waals surface area contributed by atoms with Crippen LogP contribution in [0.25, 0.3) is 0 Å². The third-order valence-electron chi connectivity index (χ3n) is 3.69. The second-order valence-corrected chi connectivity index (χ2v) is 5.60. The summed E-state index contributed by atoms with van der Waals surface area (Å²) in [6, 6.07) is 0. The Morgan fingerprint density at radius 1 is 1.50 bits per heavy atom. The fourth-order valence-electron chi connectivity index (χ4n) is 2.48. The van der Waals surface area contributed by atoms with Gasteiger partial charge in [-0.2, -0.15) is 0 Å². The molecule has 0 saturated heterocycles. The molecule has 0 aromatic heterocycles. The second kappa shape index (κ2) is 4.30. The van der Waals surface area contributed by atoms with Crippen molar-refractivity contribution < 1.29 is 15.0 Å². The van der Waals surface area contributed by atoms with Crippen molar-refractivity contribution in [3.63, 3.8) is 0 Å². The van der Waals surface area contributed by atoms with E-state index < -0.39 is 17.1 Å². The van der Waals surface area contributed by atoms with E-state index in [1.54, 1.807) is 13.8 Å². The largest absolute Gasteiger partial charge is 0.393 e. The Labute approximate surface area is 97.2 Å². The molecule has 0 saturated carbocycles. The molecule has 1 aliphatic rings. The summed E-state index contributed by atoms with van der Waals surface area (Å²) in [5.74, 6) is 0.0734. The summed E-state index contributed by atoms with van der Waals surface area (Å²) in [6.07, 6.45) is 2.51. The van der Waals surface area contributed by atoms with E-state index in [4.69, 9.17) is 0 Å². The molecule has 16 heavy (non-hydrogen) atoms. The number of carbonyl (C=O) groups excluding carboxylic acids is 1. The summed E-state index contributed by atoms with van der Waals surface area (Å²) in [5.41, 5.74) is -0.718. The molecule has 3 nitrogen and oxygen atoms in total. The van der Waals surface area contributed by atoms with Crippen LogP contribution in [0, 0.1) is 5.41 Å². The van der Waals surface area contributed by atoms with Gasteiger partial charge in [-0.3, -0.25) is 4.79 Å². The minimum absolute atomic E-state index is 0.0734. The molecule has 0 aromatic rings. The van der Waals surface area contributed by atoms with Crippen LogP contribution in [-0.2, 0) is 4.79 Å². The minimum atomic E-state index is -0.974. The van der Waals surface area contributed by atoms with Crippen LogP contribution in [0.15, 0.2) is 11.6 Å². The van der Waals surface area contributed by atoms with Crippen molar-refractivity contribution in [3.8, 4) is 0 Å². The van der Waals surface area contributed by atoms with Gasteiger partial charge in [0.15, 0.2) is 5.78 Å². The van der Waals surface area contributed by atoms with Crippen molar-refractivity contribution >= 4 is 5.78 Å². The minimum Gasteiger partial charge on any atom is -0.393 e. The van der Waals surface area contributed by atoms with E-state index in [0.29, 0.717) is 19.3 Å². The molecule has 92 valence electrons. The SMILES string of the molecule is CC1=CC(=O)CC(C)(C)[C@@]1(O)CC[C@H](C)O. The number of ketones is 1. The smallest absolute Gasteiger partial charge is 0.156 e. The van der Waals surface area contributed by atoms with E-state index >= 15 is 0 Å². The number of aliphatic hydroxyl groups excluding tert-OH is 1. The molecular weight excluding hydrogens is 204 g/mol. The van der Waals surface area contributed by atoms with Crippen molar-refractivity contribution in [2.75, 3.05) is 0 Å². The van der Waals surface area contributed by atoms with Gasteiger partial charge in [0.1, 0.15) is 0 Å². The number of rotatable bonds is 3. The normalized spacial score (nSPS) is 31.1. The van der Waals surface area contributed by atoms with Crippen LogP contribution >= 0.6 is 0 Å². The Hall–Kier alpha value is -0.670. The quantitative estimate of drug-likeness (QED) is 0.771. The highest BCUT2D eigenvalue weighted by Gasteiger charge is 2.47. The number of hydrogen-bond donors (Lipinski definition) is 2. The Balaban J connectivity index is 2.97. The van der Waals surface area contributed by atoms with Gasteiger partial charge in [0.25, 0.3) is 0 Å². The zero-order valence-corrected chi connectivity index (χ0v) is 10.6. The van der Waals surface area contributed by atoms with E-state index in [0.717, 1.165) is 5.57 Å².